The van der Waals surface area contributed by atoms with Crippen molar-refractivity contribution >= 4 is 5.91 Å². The molecule has 1 atom stereocenters. The second-order valence-electron chi connectivity index (χ2n) is 5.61. The van der Waals surface area contributed by atoms with Crippen LogP contribution in [0.2, 0.25) is 0 Å². The summed E-state index contributed by atoms with van der Waals surface area (Å²) < 4.78 is 5.20. The maximum atomic E-state index is 12.4. The van der Waals surface area contributed by atoms with Gasteiger partial charge in [0, 0.05) is 18.5 Å². The first-order valence-electron chi connectivity index (χ1n) is 7.24. The van der Waals surface area contributed by atoms with Gasteiger partial charge in [-0.2, -0.15) is 0 Å². The number of likely N-dealkylation sites (tertiary alicyclic amines) is 1. The van der Waals surface area contributed by atoms with Crippen molar-refractivity contribution < 1.29 is 14.3 Å². The van der Waals surface area contributed by atoms with E-state index in [4.69, 9.17) is 4.42 Å². The van der Waals surface area contributed by atoms with Crippen molar-refractivity contribution in [3.8, 4) is 0 Å². The third-order valence-corrected chi connectivity index (χ3v) is 4.28. The molecule has 0 saturated carbocycles. The number of carbonyl (C=O) groups is 1. The van der Waals surface area contributed by atoms with Crippen LogP contribution in [0.3, 0.4) is 0 Å². The van der Waals surface area contributed by atoms with Crippen LogP contribution in [-0.4, -0.2) is 35.6 Å². The van der Waals surface area contributed by atoms with Crippen LogP contribution in [0.4, 0.5) is 0 Å². The summed E-state index contributed by atoms with van der Waals surface area (Å²) in [7, 11) is 0. The number of carbonyl (C=O) groups excluding carboxylic acids is 1. The quantitative estimate of drug-likeness (QED) is 0.942. The first kappa shape index (κ1) is 13.9. The van der Waals surface area contributed by atoms with E-state index < -0.39 is 0 Å². The average molecular weight is 285 g/mol. The van der Waals surface area contributed by atoms with Gasteiger partial charge in [0.2, 0.25) is 0 Å². The SMILES string of the molecule is O=C(c1ccco1)N1CCCC(CO)(c2ccccc2)C1. The number of aliphatic hydroxyl groups is 1. The second-order valence-corrected chi connectivity index (χ2v) is 5.61. The lowest BCUT2D eigenvalue weighted by Crippen LogP contribution is -2.50. The highest BCUT2D eigenvalue weighted by Crippen LogP contribution is 2.34. The van der Waals surface area contributed by atoms with Gasteiger partial charge in [0.1, 0.15) is 0 Å². The summed E-state index contributed by atoms with van der Waals surface area (Å²) in [5.74, 6) is 0.255. The molecule has 0 bridgehead atoms. The molecule has 1 aromatic carbocycles. The molecule has 3 rings (SSSR count). The molecule has 1 aromatic heterocycles. The third kappa shape index (κ3) is 2.59. The average Bonchev–Trinajstić information content (AvgIpc) is 3.09. The Kier molecular flexibility index (Phi) is 3.80. The maximum Gasteiger partial charge on any atom is 0.289 e. The largest absolute Gasteiger partial charge is 0.459 e. The van der Waals surface area contributed by atoms with E-state index in [1.165, 1.54) is 6.26 Å². The summed E-state index contributed by atoms with van der Waals surface area (Å²) in [6.07, 6.45) is 3.27. The second kappa shape index (κ2) is 5.74. The smallest absolute Gasteiger partial charge is 0.289 e. The van der Waals surface area contributed by atoms with Crippen molar-refractivity contribution in [3.63, 3.8) is 0 Å². The van der Waals surface area contributed by atoms with E-state index in [1.54, 1.807) is 17.0 Å². The number of nitrogens with zero attached hydrogens (tertiary/aromatic N) is 1. The number of hydrogen-bond donors (Lipinski definition) is 1. The predicted molar refractivity (Wildman–Crippen MR) is 79.1 cm³/mol. The van der Waals surface area contributed by atoms with E-state index in [2.05, 4.69) is 0 Å². The van der Waals surface area contributed by atoms with Crippen LogP contribution in [0.1, 0.15) is 29.0 Å². The molecule has 1 amide bonds. The van der Waals surface area contributed by atoms with Crippen LogP contribution in [0.15, 0.2) is 53.1 Å². The van der Waals surface area contributed by atoms with Crippen LogP contribution in [0.5, 0.6) is 0 Å². The van der Waals surface area contributed by atoms with E-state index in [-0.39, 0.29) is 17.9 Å². The van der Waals surface area contributed by atoms with Gasteiger partial charge in [0.15, 0.2) is 5.76 Å². The Balaban J connectivity index is 1.86. The Morgan fingerprint density at radius 2 is 2.05 bits per heavy atom. The summed E-state index contributed by atoms with van der Waals surface area (Å²) in [5, 5.41) is 9.96. The van der Waals surface area contributed by atoms with Crippen LogP contribution >= 0.6 is 0 Å². The lowest BCUT2D eigenvalue weighted by atomic mass is 9.74. The van der Waals surface area contributed by atoms with Crippen molar-refractivity contribution in [1.29, 1.82) is 0 Å². The van der Waals surface area contributed by atoms with Gasteiger partial charge in [0.05, 0.1) is 12.9 Å². The van der Waals surface area contributed by atoms with E-state index in [9.17, 15) is 9.90 Å². The standard InChI is InChI=1S/C17H19NO3/c19-13-17(14-6-2-1-3-7-14)9-5-10-18(12-17)16(20)15-8-4-11-21-15/h1-4,6-8,11,19H,5,9-10,12-13H2. The van der Waals surface area contributed by atoms with Gasteiger partial charge in [-0.1, -0.05) is 30.3 Å². The molecule has 1 saturated heterocycles. The molecule has 1 aliphatic rings. The van der Waals surface area contributed by atoms with Crippen LogP contribution in [-0.2, 0) is 5.41 Å². The van der Waals surface area contributed by atoms with Gasteiger partial charge in [0.25, 0.3) is 5.91 Å². The summed E-state index contributed by atoms with van der Waals surface area (Å²) >= 11 is 0. The van der Waals surface area contributed by atoms with E-state index in [0.29, 0.717) is 18.8 Å². The van der Waals surface area contributed by atoms with Gasteiger partial charge in [-0.05, 0) is 30.5 Å². The Morgan fingerprint density at radius 1 is 1.24 bits per heavy atom. The van der Waals surface area contributed by atoms with E-state index >= 15 is 0 Å². The number of amides is 1. The first-order valence-corrected chi connectivity index (χ1v) is 7.24. The van der Waals surface area contributed by atoms with Crippen LogP contribution in [0.25, 0.3) is 0 Å². The number of rotatable bonds is 3. The van der Waals surface area contributed by atoms with Gasteiger partial charge in [-0.25, -0.2) is 0 Å². The molecule has 4 heteroatoms. The molecule has 1 aliphatic heterocycles. The molecule has 1 N–H and O–H groups in total. The molecule has 4 nitrogen and oxygen atoms in total. The van der Waals surface area contributed by atoms with Gasteiger partial charge in [-0.15, -0.1) is 0 Å². The Hall–Kier alpha value is -2.07. The van der Waals surface area contributed by atoms with Crippen molar-refractivity contribution in [2.75, 3.05) is 19.7 Å². The molecule has 0 spiro atoms. The molecule has 2 aromatic rings. The molecule has 21 heavy (non-hydrogen) atoms. The zero-order chi connectivity index (χ0) is 14.7. The first-order chi connectivity index (χ1) is 10.2. The molecule has 1 fully saturated rings. The highest BCUT2D eigenvalue weighted by Gasteiger charge is 2.38. The Labute approximate surface area is 124 Å². The third-order valence-electron chi connectivity index (χ3n) is 4.28. The summed E-state index contributed by atoms with van der Waals surface area (Å²) in [5.41, 5.74) is 0.714. The minimum absolute atomic E-state index is 0.0406. The topological polar surface area (TPSA) is 53.7 Å². The van der Waals surface area contributed by atoms with Gasteiger partial charge >= 0.3 is 0 Å². The summed E-state index contributed by atoms with van der Waals surface area (Å²) in [4.78, 5) is 14.2. The summed E-state index contributed by atoms with van der Waals surface area (Å²) in [6, 6.07) is 13.4. The lowest BCUT2D eigenvalue weighted by Gasteiger charge is -2.42. The normalized spacial score (nSPS) is 22.2. The number of benzene rings is 1. The zero-order valence-corrected chi connectivity index (χ0v) is 11.9. The van der Waals surface area contributed by atoms with Gasteiger partial charge < -0.3 is 14.4 Å². The number of aliphatic hydroxyl groups excluding tert-OH is 1. The van der Waals surface area contributed by atoms with E-state index in [1.807, 2.05) is 30.3 Å². The van der Waals surface area contributed by atoms with Crippen molar-refractivity contribution in [1.82, 2.24) is 4.90 Å². The molecule has 2 heterocycles. The minimum Gasteiger partial charge on any atom is -0.459 e. The molecular weight excluding hydrogens is 266 g/mol. The van der Waals surface area contributed by atoms with Crippen LogP contribution < -0.4 is 0 Å². The number of hydrogen-bond acceptors (Lipinski definition) is 3. The molecule has 0 radical (unpaired) electrons. The number of piperidine rings is 1. The van der Waals surface area contributed by atoms with Crippen molar-refractivity contribution in [2.24, 2.45) is 0 Å². The highest BCUT2D eigenvalue weighted by atomic mass is 16.3. The molecule has 110 valence electrons. The zero-order valence-electron chi connectivity index (χ0n) is 11.9. The van der Waals surface area contributed by atoms with Crippen LogP contribution in [0, 0.1) is 0 Å². The van der Waals surface area contributed by atoms with Crippen molar-refractivity contribution in [3.05, 3.63) is 60.1 Å². The number of furan rings is 1. The molecule has 1 unspecified atom stereocenters. The fourth-order valence-corrected chi connectivity index (χ4v) is 3.11. The predicted octanol–water partition coefficient (Wildman–Crippen LogP) is 2.45. The minimum atomic E-state index is -0.373. The highest BCUT2D eigenvalue weighted by molar-refractivity contribution is 5.91. The van der Waals surface area contributed by atoms with Gasteiger partial charge in [-0.3, -0.25) is 4.79 Å². The lowest BCUT2D eigenvalue weighted by molar-refractivity contribution is 0.0515. The summed E-state index contributed by atoms with van der Waals surface area (Å²) in [6.45, 7) is 1.26. The van der Waals surface area contributed by atoms with E-state index in [0.717, 1.165) is 18.4 Å². The Bertz CT molecular complexity index is 594. The monoisotopic (exact) mass is 285 g/mol. The fraction of sp³-hybridized carbons (Fsp3) is 0.353. The molecular formula is C17H19NO3. The van der Waals surface area contributed by atoms with Crippen molar-refractivity contribution in [2.45, 2.75) is 18.3 Å². The maximum absolute atomic E-state index is 12.4. The molecule has 0 aliphatic carbocycles. The Morgan fingerprint density at radius 3 is 2.71 bits per heavy atom. The fourth-order valence-electron chi connectivity index (χ4n) is 3.11.